The van der Waals surface area contributed by atoms with E-state index in [1.165, 1.54) is 6.26 Å². The molecule has 0 N–H and O–H groups in total. The van der Waals surface area contributed by atoms with Crippen molar-refractivity contribution in [1.29, 1.82) is 0 Å². The molecular formula is C12H28O4Si3. The van der Waals surface area contributed by atoms with Crippen LogP contribution >= 0.6 is 0 Å². The highest BCUT2D eigenvalue weighted by molar-refractivity contribution is 6.72. The Morgan fingerprint density at radius 1 is 0.737 bits per heavy atom. The summed E-state index contributed by atoms with van der Waals surface area (Å²) in [5.74, 6) is -0.191. The molecule has 0 aromatic heterocycles. The number of carbonyl (C=O) groups is 1. The first kappa shape index (κ1) is 18.5. The molecule has 0 spiro atoms. The van der Waals surface area contributed by atoms with Crippen LogP contribution in [0, 0.1) is 0 Å². The molecule has 0 saturated heterocycles. The average molecular weight is 321 g/mol. The van der Waals surface area contributed by atoms with Gasteiger partial charge in [-0.15, -0.1) is 0 Å². The zero-order chi connectivity index (χ0) is 15.5. The molecule has 0 rings (SSSR count). The molecule has 0 aliphatic rings. The van der Waals surface area contributed by atoms with Gasteiger partial charge >= 0.3 is 5.97 Å². The van der Waals surface area contributed by atoms with Gasteiger partial charge < -0.3 is 13.3 Å². The van der Waals surface area contributed by atoms with Crippen molar-refractivity contribution in [2.24, 2.45) is 0 Å². The zero-order valence-corrected chi connectivity index (χ0v) is 16.7. The van der Waals surface area contributed by atoms with Crippen LogP contribution in [0.2, 0.25) is 58.9 Å². The molecular weight excluding hydrogens is 292 g/mol. The Morgan fingerprint density at radius 3 is 1.47 bits per heavy atom. The minimum Gasteiger partial charge on any atom is -0.547 e. The standard InChI is InChI=1S/C12H28O4Si3/c1-17(2,3)14-10-11(15-18(4,5)6)12(13)16-19(7,8)9/h10H,1-9H3/b11-10-. The van der Waals surface area contributed by atoms with Crippen molar-refractivity contribution in [2.45, 2.75) is 58.9 Å². The number of hydrogen-bond donors (Lipinski definition) is 0. The summed E-state index contributed by atoms with van der Waals surface area (Å²) in [5.41, 5.74) is 0. The molecule has 0 bridgehead atoms. The minimum atomic E-state index is -1.93. The van der Waals surface area contributed by atoms with Crippen LogP contribution in [0.3, 0.4) is 0 Å². The van der Waals surface area contributed by atoms with Gasteiger partial charge in [-0.2, -0.15) is 0 Å². The maximum atomic E-state index is 12.1. The second-order valence-corrected chi connectivity index (χ2v) is 20.7. The zero-order valence-electron chi connectivity index (χ0n) is 13.7. The number of carbonyl (C=O) groups excluding carboxylic acids is 1. The minimum absolute atomic E-state index is 0.212. The summed E-state index contributed by atoms with van der Waals surface area (Å²) in [6, 6.07) is 0. The normalized spacial score (nSPS) is 14.1. The van der Waals surface area contributed by atoms with E-state index in [0.717, 1.165) is 0 Å². The molecule has 0 heterocycles. The van der Waals surface area contributed by atoms with Crippen LogP contribution in [0.15, 0.2) is 12.0 Å². The Bertz CT molecular complexity index is 345. The summed E-state index contributed by atoms with van der Waals surface area (Å²) in [6.45, 7) is 18.1. The van der Waals surface area contributed by atoms with Gasteiger partial charge in [0, 0.05) is 0 Å². The van der Waals surface area contributed by atoms with E-state index in [0.29, 0.717) is 0 Å². The molecule has 0 radical (unpaired) electrons. The van der Waals surface area contributed by atoms with Gasteiger partial charge in [0.25, 0.3) is 0 Å². The van der Waals surface area contributed by atoms with E-state index >= 15 is 0 Å². The van der Waals surface area contributed by atoms with Crippen molar-refractivity contribution in [3.63, 3.8) is 0 Å². The van der Waals surface area contributed by atoms with Crippen molar-refractivity contribution < 1.29 is 18.1 Å². The Balaban J connectivity index is 5.02. The molecule has 0 aliphatic carbocycles. The van der Waals surface area contributed by atoms with E-state index in [9.17, 15) is 4.79 Å². The highest BCUT2D eigenvalue weighted by atomic mass is 28.4. The van der Waals surface area contributed by atoms with Gasteiger partial charge in [0.15, 0.2) is 0 Å². The molecule has 0 aromatic rings. The SMILES string of the molecule is C[Si](C)(C)O/C=C(\O[Si](C)(C)C)C(=O)O[Si](C)(C)C. The maximum absolute atomic E-state index is 12.1. The van der Waals surface area contributed by atoms with Crippen molar-refractivity contribution >= 4 is 30.9 Å². The summed E-state index contributed by atoms with van der Waals surface area (Å²) in [6.07, 6.45) is 1.45. The molecule has 0 aromatic carbocycles. The topological polar surface area (TPSA) is 44.8 Å². The lowest BCUT2D eigenvalue weighted by atomic mass is 10.6. The lowest BCUT2D eigenvalue weighted by Crippen LogP contribution is -2.34. The Morgan fingerprint density at radius 2 is 1.16 bits per heavy atom. The highest BCUT2D eigenvalue weighted by Crippen LogP contribution is 2.16. The third-order valence-electron chi connectivity index (χ3n) is 1.54. The second kappa shape index (κ2) is 6.27. The van der Waals surface area contributed by atoms with Gasteiger partial charge in [-0.3, -0.25) is 0 Å². The Labute approximate surface area is 120 Å². The fraction of sp³-hybridized carbons (Fsp3) is 0.750. The lowest BCUT2D eigenvalue weighted by molar-refractivity contribution is -0.133. The van der Waals surface area contributed by atoms with Gasteiger partial charge in [-0.1, -0.05) is 0 Å². The van der Waals surface area contributed by atoms with Crippen LogP contribution < -0.4 is 0 Å². The van der Waals surface area contributed by atoms with E-state index in [1.54, 1.807) is 0 Å². The summed E-state index contributed by atoms with van der Waals surface area (Å²) in [7, 11) is -5.54. The predicted molar refractivity (Wildman–Crippen MR) is 86.4 cm³/mol. The lowest BCUT2D eigenvalue weighted by Gasteiger charge is -2.25. The summed E-state index contributed by atoms with van der Waals surface area (Å²) >= 11 is 0. The fourth-order valence-electron chi connectivity index (χ4n) is 1.00. The molecule has 0 amide bonds. The molecule has 19 heavy (non-hydrogen) atoms. The average Bonchev–Trinajstić information content (AvgIpc) is 2.05. The van der Waals surface area contributed by atoms with E-state index in [2.05, 4.69) is 19.6 Å². The van der Waals surface area contributed by atoms with Crippen LogP contribution in [0.5, 0.6) is 0 Å². The van der Waals surface area contributed by atoms with Crippen LogP contribution in [0.1, 0.15) is 0 Å². The highest BCUT2D eigenvalue weighted by Gasteiger charge is 2.28. The smallest absolute Gasteiger partial charge is 0.362 e. The van der Waals surface area contributed by atoms with Crippen LogP contribution in [-0.4, -0.2) is 30.9 Å². The quantitative estimate of drug-likeness (QED) is 0.423. The summed E-state index contributed by atoms with van der Waals surface area (Å²) < 4.78 is 16.9. The van der Waals surface area contributed by atoms with Crippen LogP contribution in [-0.2, 0) is 18.1 Å². The molecule has 7 heteroatoms. The predicted octanol–water partition coefficient (Wildman–Crippen LogP) is 3.91. The third kappa shape index (κ3) is 11.0. The van der Waals surface area contributed by atoms with Crippen LogP contribution in [0.25, 0.3) is 0 Å². The Hall–Kier alpha value is -0.539. The molecule has 0 unspecified atom stereocenters. The second-order valence-electron chi connectivity index (χ2n) is 7.43. The fourth-order valence-corrected chi connectivity index (χ4v) is 2.91. The first-order valence-electron chi connectivity index (χ1n) is 6.50. The van der Waals surface area contributed by atoms with E-state index in [1.807, 2.05) is 39.3 Å². The maximum Gasteiger partial charge on any atom is 0.362 e. The van der Waals surface area contributed by atoms with Crippen molar-refractivity contribution in [3.8, 4) is 0 Å². The van der Waals surface area contributed by atoms with Gasteiger partial charge in [0.2, 0.25) is 30.7 Å². The van der Waals surface area contributed by atoms with Gasteiger partial charge in [0.05, 0.1) is 0 Å². The first-order valence-corrected chi connectivity index (χ1v) is 16.7. The first-order chi connectivity index (χ1) is 8.20. The van der Waals surface area contributed by atoms with Crippen molar-refractivity contribution in [3.05, 3.63) is 12.0 Å². The van der Waals surface area contributed by atoms with Crippen LogP contribution in [0.4, 0.5) is 0 Å². The molecule has 0 atom stereocenters. The van der Waals surface area contributed by atoms with Gasteiger partial charge in [0.1, 0.15) is 6.26 Å². The molecule has 0 saturated carbocycles. The van der Waals surface area contributed by atoms with E-state index in [-0.39, 0.29) is 5.76 Å². The summed E-state index contributed by atoms with van der Waals surface area (Å²) in [5, 5.41) is 0. The van der Waals surface area contributed by atoms with Crippen molar-refractivity contribution in [1.82, 2.24) is 0 Å². The molecule has 0 aliphatic heterocycles. The van der Waals surface area contributed by atoms with Crippen molar-refractivity contribution in [2.75, 3.05) is 0 Å². The summed E-state index contributed by atoms with van der Waals surface area (Å²) in [4.78, 5) is 12.1. The Kier molecular flexibility index (Phi) is 6.10. The van der Waals surface area contributed by atoms with E-state index in [4.69, 9.17) is 13.3 Å². The van der Waals surface area contributed by atoms with Gasteiger partial charge in [-0.25, -0.2) is 4.79 Å². The van der Waals surface area contributed by atoms with Gasteiger partial charge in [-0.05, 0) is 58.9 Å². The third-order valence-corrected chi connectivity index (χ3v) is 3.99. The monoisotopic (exact) mass is 320 g/mol. The molecule has 4 nitrogen and oxygen atoms in total. The number of rotatable bonds is 6. The van der Waals surface area contributed by atoms with E-state index < -0.39 is 30.9 Å². The number of hydrogen-bond acceptors (Lipinski definition) is 4. The largest absolute Gasteiger partial charge is 0.547 e. The molecule has 112 valence electrons. The molecule has 0 fully saturated rings.